The van der Waals surface area contributed by atoms with Crippen LogP contribution in [-0.2, 0) is 23.9 Å². The predicted molar refractivity (Wildman–Crippen MR) is 88.3 cm³/mol. The number of hydrogen-bond donors (Lipinski definition) is 2. The third-order valence-corrected chi connectivity index (χ3v) is 3.31. The topological polar surface area (TPSA) is 125 Å². The van der Waals surface area contributed by atoms with Crippen LogP contribution in [0.25, 0.3) is 0 Å². The van der Waals surface area contributed by atoms with Crippen molar-refractivity contribution in [2.75, 3.05) is 13.2 Å². The lowest BCUT2D eigenvalue weighted by Gasteiger charge is -2.23. The minimum absolute atomic E-state index is 0.0519. The molecule has 0 saturated carbocycles. The second-order valence-corrected chi connectivity index (χ2v) is 5.09. The first-order chi connectivity index (χ1) is 11.9. The Kier molecular flexibility index (Phi) is 8.11. The van der Waals surface area contributed by atoms with Gasteiger partial charge in [-0.2, -0.15) is 0 Å². The highest BCUT2D eigenvalue weighted by Crippen LogP contribution is 2.14. The van der Waals surface area contributed by atoms with Crippen molar-refractivity contribution in [2.24, 2.45) is 11.7 Å². The highest BCUT2D eigenvalue weighted by atomic mass is 16.5. The van der Waals surface area contributed by atoms with Gasteiger partial charge in [-0.3, -0.25) is 19.2 Å². The van der Waals surface area contributed by atoms with E-state index in [0.717, 1.165) is 0 Å². The number of primary amides is 1. The molecule has 25 heavy (non-hydrogen) atoms. The molecule has 0 spiro atoms. The first-order valence-electron chi connectivity index (χ1n) is 7.88. The van der Waals surface area contributed by atoms with Crippen LogP contribution in [0.2, 0.25) is 0 Å². The van der Waals surface area contributed by atoms with Gasteiger partial charge in [0.25, 0.3) is 5.91 Å². The third kappa shape index (κ3) is 6.25. The lowest BCUT2D eigenvalue weighted by Crippen LogP contribution is -2.52. The molecule has 0 aliphatic heterocycles. The van der Waals surface area contributed by atoms with Crippen molar-refractivity contribution in [3.63, 3.8) is 0 Å². The van der Waals surface area contributed by atoms with Crippen LogP contribution >= 0.6 is 0 Å². The molecule has 8 nitrogen and oxygen atoms in total. The number of ether oxygens (including phenoxy) is 2. The Morgan fingerprint density at radius 3 is 2.16 bits per heavy atom. The monoisotopic (exact) mass is 350 g/mol. The first kappa shape index (κ1) is 20.1. The SMILES string of the molecule is CCOC(=O)C[C@H](C(=O)OCC)[C@@H](NC(=O)c1ccccc1)C(N)=O. The molecule has 1 aromatic rings. The van der Waals surface area contributed by atoms with Crippen LogP contribution < -0.4 is 11.1 Å². The van der Waals surface area contributed by atoms with Crippen molar-refractivity contribution in [3.05, 3.63) is 35.9 Å². The molecular weight excluding hydrogens is 328 g/mol. The zero-order valence-corrected chi connectivity index (χ0v) is 14.2. The summed E-state index contributed by atoms with van der Waals surface area (Å²) < 4.78 is 9.70. The molecule has 0 fully saturated rings. The highest BCUT2D eigenvalue weighted by molar-refractivity contribution is 5.99. The number of amides is 2. The van der Waals surface area contributed by atoms with Crippen LogP contribution in [0.15, 0.2) is 30.3 Å². The Morgan fingerprint density at radius 2 is 1.64 bits per heavy atom. The molecule has 0 bridgehead atoms. The number of carbonyl (C=O) groups excluding carboxylic acids is 4. The van der Waals surface area contributed by atoms with Gasteiger partial charge in [0, 0.05) is 5.56 Å². The van der Waals surface area contributed by atoms with Crippen molar-refractivity contribution in [1.82, 2.24) is 5.32 Å². The molecule has 3 N–H and O–H groups in total. The summed E-state index contributed by atoms with van der Waals surface area (Å²) in [6, 6.07) is 6.70. The van der Waals surface area contributed by atoms with Crippen molar-refractivity contribution < 1.29 is 28.7 Å². The van der Waals surface area contributed by atoms with Crippen LogP contribution in [0.4, 0.5) is 0 Å². The molecule has 0 aromatic heterocycles. The maximum Gasteiger partial charge on any atom is 0.312 e. The van der Waals surface area contributed by atoms with E-state index in [9.17, 15) is 19.2 Å². The Morgan fingerprint density at radius 1 is 1.04 bits per heavy atom. The molecule has 1 rings (SSSR count). The molecule has 0 radical (unpaired) electrons. The molecule has 0 unspecified atom stereocenters. The smallest absolute Gasteiger partial charge is 0.312 e. The molecule has 8 heteroatoms. The Hall–Kier alpha value is -2.90. The van der Waals surface area contributed by atoms with E-state index in [1.165, 1.54) is 12.1 Å². The number of carbonyl (C=O) groups is 4. The fourth-order valence-electron chi connectivity index (χ4n) is 2.17. The third-order valence-electron chi connectivity index (χ3n) is 3.31. The van der Waals surface area contributed by atoms with Gasteiger partial charge in [0.05, 0.1) is 25.6 Å². The van der Waals surface area contributed by atoms with Gasteiger partial charge in [-0.25, -0.2) is 0 Å². The highest BCUT2D eigenvalue weighted by Gasteiger charge is 2.37. The summed E-state index contributed by atoms with van der Waals surface area (Å²) in [5, 5.41) is 2.40. The predicted octanol–water partition coefficient (Wildman–Crippen LogP) is 0.403. The van der Waals surface area contributed by atoms with E-state index in [-0.39, 0.29) is 18.8 Å². The molecule has 0 aliphatic rings. The standard InChI is InChI=1S/C17H22N2O6/c1-3-24-13(20)10-12(17(23)25-4-2)14(15(18)21)19-16(22)11-8-6-5-7-9-11/h5-9,12,14H,3-4,10H2,1-2H3,(H2,18,21)(H,19,22)/t12-,14+/m0/s1. The fourth-order valence-corrected chi connectivity index (χ4v) is 2.17. The van der Waals surface area contributed by atoms with Gasteiger partial charge in [0.2, 0.25) is 5.91 Å². The van der Waals surface area contributed by atoms with Crippen LogP contribution in [0.5, 0.6) is 0 Å². The molecular formula is C17H22N2O6. The van der Waals surface area contributed by atoms with Crippen molar-refractivity contribution in [1.29, 1.82) is 0 Å². The number of hydrogen-bond acceptors (Lipinski definition) is 6. The normalized spacial score (nSPS) is 12.6. The van der Waals surface area contributed by atoms with Gasteiger partial charge < -0.3 is 20.5 Å². The molecule has 136 valence electrons. The molecule has 0 heterocycles. The van der Waals surface area contributed by atoms with Gasteiger partial charge in [0.1, 0.15) is 6.04 Å². The summed E-state index contributed by atoms with van der Waals surface area (Å²) in [6.45, 7) is 3.36. The van der Waals surface area contributed by atoms with E-state index in [4.69, 9.17) is 15.2 Å². The quantitative estimate of drug-likeness (QED) is 0.621. The fraction of sp³-hybridized carbons (Fsp3) is 0.412. The molecule has 1 aromatic carbocycles. The summed E-state index contributed by atoms with van der Waals surface area (Å²) in [4.78, 5) is 48.0. The van der Waals surface area contributed by atoms with Crippen LogP contribution in [0, 0.1) is 5.92 Å². The van der Waals surface area contributed by atoms with Crippen LogP contribution in [-0.4, -0.2) is 43.0 Å². The van der Waals surface area contributed by atoms with Crippen molar-refractivity contribution >= 4 is 23.8 Å². The molecule has 2 atom stereocenters. The summed E-state index contributed by atoms with van der Waals surface area (Å²) in [7, 11) is 0. The molecule has 0 aliphatic carbocycles. The average Bonchev–Trinajstić information content (AvgIpc) is 2.58. The number of nitrogens with one attached hydrogen (secondary N) is 1. The van der Waals surface area contributed by atoms with Crippen LogP contribution in [0.3, 0.4) is 0 Å². The second-order valence-electron chi connectivity index (χ2n) is 5.09. The number of esters is 2. The van der Waals surface area contributed by atoms with E-state index in [0.29, 0.717) is 0 Å². The summed E-state index contributed by atoms with van der Waals surface area (Å²) in [5.74, 6) is -4.33. The number of benzene rings is 1. The number of rotatable bonds is 9. The number of nitrogens with two attached hydrogens (primary N) is 1. The zero-order valence-electron chi connectivity index (χ0n) is 14.2. The summed E-state index contributed by atoms with van der Waals surface area (Å²) >= 11 is 0. The Bertz CT molecular complexity index is 617. The Balaban J connectivity index is 3.01. The maximum atomic E-state index is 12.3. The Labute approximate surface area is 145 Å². The van der Waals surface area contributed by atoms with Gasteiger partial charge >= 0.3 is 11.9 Å². The lowest BCUT2D eigenvalue weighted by molar-refractivity contribution is -0.156. The van der Waals surface area contributed by atoms with E-state index in [1.807, 2.05) is 0 Å². The second kappa shape index (κ2) is 10.1. The largest absolute Gasteiger partial charge is 0.466 e. The van der Waals surface area contributed by atoms with Crippen molar-refractivity contribution in [2.45, 2.75) is 26.3 Å². The summed E-state index contributed by atoms with van der Waals surface area (Å²) in [6.07, 6.45) is -0.435. The van der Waals surface area contributed by atoms with E-state index in [2.05, 4.69) is 5.32 Å². The van der Waals surface area contributed by atoms with Crippen molar-refractivity contribution in [3.8, 4) is 0 Å². The molecule has 2 amide bonds. The maximum absolute atomic E-state index is 12.3. The van der Waals surface area contributed by atoms with Crippen LogP contribution in [0.1, 0.15) is 30.6 Å². The molecule has 0 saturated heterocycles. The minimum Gasteiger partial charge on any atom is -0.466 e. The van der Waals surface area contributed by atoms with E-state index < -0.39 is 42.1 Å². The van der Waals surface area contributed by atoms with Gasteiger partial charge in [-0.05, 0) is 26.0 Å². The minimum atomic E-state index is -1.41. The van der Waals surface area contributed by atoms with Gasteiger partial charge in [-0.1, -0.05) is 18.2 Å². The summed E-state index contributed by atoms with van der Waals surface area (Å²) in [5.41, 5.74) is 5.62. The first-order valence-corrected chi connectivity index (χ1v) is 7.88. The van der Waals surface area contributed by atoms with Gasteiger partial charge in [-0.15, -0.1) is 0 Å². The zero-order chi connectivity index (χ0) is 18.8. The van der Waals surface area contributed by atoms with E-state index in [1.54, 1.807) is 32.0 Å². The van der Waals surface area contributed by atoms with E-state index >= 15 is 0 Å². The lowest BCUT2D eigenvalue weighted by atomic mass is 9.95. The van der Waals surface area contributed by atoms with Gasteiger partial charge in [0.15, 0.2) is 0 Å². The average molecular weight is 350 g/mol.